The van der Waals surface area contributed by atoms with E-state index in [0.29, 0.717) is 36.0 Å². The van der Waals surface area contributed by atoms with Gasteiger partial charge in [0, 0.05) is 32.5 Å². The molecule has 0 saturated carbocycles. The van der Waals surface area contributed by atoms with Crippen molar-refractivity contribution in [2.75, 3.05) is 26.2 Å². The number of nitrogens with one attached hydrogen (secondary N) is 3. The van der Waals surface area contributed by atoms with Crippen LogP contribution in [0.2, 0.25) is 0 Å². The van der Waals surface area contributed by atoms with Gasteiger partial charge in [0.05, 0.1) is 24.7 Å². The van der Waals surface area contributed by atoms with Gasteiger partial charge in [-0.3, -0.25) is 28.8 Å². The first-order valence-corrected chi connectivity index (χ1v) is 21.6. The van der Waals surface area contributed by atoms with Gasteiger partial charge in [0.2, 0.25) is 35.4 Å². The number of aliphatic hydroxyl groups is 1. The first kappa shape index (κ1) is 45.7. The smallest absolute Gasteiger partial charge is 0.338 e. The number of aliphatic hydroxyl groups excluding tert-OH is 1. The van der Waals surface area contributed by atoms with Crippen molar-refractivity contribution in [3.8, 4) is 0 Å². The Kier molecular flexibility index (Phi) is 14.7. The highest BCUT2D eigenvalue weighted by atomic mass is 16.5. The second-order valence-electron chi connectivity index (χ2n) is 17.1. The molecule has 0 bridgehead atoms. The highest BCUT2D eigenvalue weighted by Gasteiger charge is 2.49. The number of aryl methyl sites for hydroxylation is 1. The van der Waals surface area contributed by atoms with E-state index in [4.69, 9.17) is 9.47 Å². The maximum Gasteiger partial charge on any atom is 0.338 e. The average molecular weight is 859 g/mol. The van der Waals surface area contributed by atoms with E-state index < -0.39 is 95.8 Å². The number of esters is 2. The number of ether oxygens (including phenoxy) is 2. The molecule has 9 atom stereocenters. The van der Waals surface area contributed by atoms with E-state index in [1.54, 1.807) is 25.1 Å². The van der Waals surface area contributed by atoms with Crippen LogP contribution < -0.4 is 16.0 Å². The van der Waals surface area contributed by atoms with Gasteiger partial charge in [-0.15, -0.1) is 0 Å². The van der Waals surface area contributed by atoms with Crippen LogP contribution in [0.4, 0.5) is 0 Å². The topological polar surface area (TPSA) is 221 Å². The quantitative estimate of drug-likeness (QED) is 0.260. The minimum atomic E-state index is -1.62. The van der Waals surface area contributed by atoms with Crippen molar-refractivity contribution in [2.24, 2.45) is 5.92 Å². The minimum absolute atomic E-state index is 0.00724. The molecule has 0 radical (unpaired) electrons. The molecule has 17 heteroatoms. The molecule has 6 amide bonds. The maximum absolute atomic E-state index is 14.8. The summed E-state index contributed by atoms with van der Waals surface area (Å²) >= 11 is 0. The van der Waals surface area contributed by atoms with Gasteiger partial charge < -0.3 is 45.2 Å². The molecular weight excluding hydrogens is 801 g/mol. The average Bonchev–Trinajstić information content (AvgIpc) is 3.84. The van der Waals surface area contributed by atoms with Crippen LogP contribution in [0.1, 0.15) is 86.8 Å². The molecule has 0 aromatic heterocycles. The molecule has 6 rings (SSSR count). The Morgan fingerprint density at radius 3 is 2.31 bits per heavy atom. The van der Waals surface area contributed by atoms with Crippen LogP contribution in [-0.2, 0) is 55.9 Å². The number of nitrogens with zero attached hydrogens (tertiary/aromatic N) is 3. The summed E-state index contributed by atoms with van der Waals surface area (Å²) in [5.41, 5.74) is 2.48. The summed E-state index contributed by atoms with van der Waals surface area (Å²) in [7, 11) is 0. The second kappa shape index (κ2) is 19.9. The third kappa shape index (κ3) is 10.6. The van der Waals surface area contributed by atoms with E-state index in [9.17, 15) is 43.5 Å². The van der Waals surface area contributed by atoms with Crippen molar-refractivity contribution in [3.05, 3.63) is 70.8 Å². The van der Waals surface area contributed by atoms with Crippen molar-refractivity contribution in [1.29, 1.82) is 0 Å². The van der Waals surface area contributed by atoms with E-state index in [-0.39, 0.29) is 57.8 Å². The number of cyclic esters (lactones) is 1. The molecule has 17 nitrogen and oxygen atoms in total. The van der Waals surface area contributed by atoms with Gasteiger partial charge in [-0.1, -0.05) is 48.9 Å². The van der Waals surface area contributed by atoms with Crippen LogP contribution in [-0.4, -0.2) is 142 Å². The fraction of sp³-hybridized carbons (Fsp3) is 0.556. The Balaban J connectivity index is 1.32. The first-order chi connectivity index (χ1) is 29.5. The summed E-state index contributed by atoms with van der Waals surface area (Å²) in [6, 6.07) is 6.53. The molecule has 0 aliphatic carbocycles. The number of hydrogen-bond acceptors (Lipinski definition) is 11. The zero-order valence-electron chi connectivity index (χ0n) is 36.0. The van der Waals surface area contributed by atoms with Gasteiger partial charge in [-0.2, -0.15) is 0 Å². The number of carbonyl (C=O) groups is 8. The first-order valence-electron chi connectivity index (χ1n) is 21.6. The zero-order valence-corrected chi connectivity index (χ0v) is 36.0. The standard InChI is InChI=1S/C45H58N6O11/c1-6-61-44(59)31-15-13-29(14-16-31)21-37(53)47-33(20-30-11-9-10-25(2)18-30)39(54)48-38-28(5)62-45(60)36-19-26(3)23-50(36)41(56)27(4)46-40(55)34-12-7-8-17-49(34)42(57)35-22-32(52)24-51(35)43(38)58/h9-11,13-16,18,26-28,32-36,38,52H,6-8,12,17,19-24H2,1-5H3,(H,46,55)(H,47,53)(H,48,54)/t26-,27+,28+,32-,33+,34+,35+,36+,38+/m1/s1. The predicted molar refractivity (Wildman–Crippen MR) is 223 cm³/mol. The van der Waals surface area contributed by atoms with Crippen LogP contribution in [0.5, 0.6) is 0 Å². The summed E-state index contributed by atoms with van der Waals surface area (Å²) in [6.45, 7) is 8.76. The third-order valence-corrected chi connectivity index (χ3v) is 12.1. The van der Waals surface area contributed by atoms with Gasteiger partial charge in [0.25, 0.3) is 0 Å². The van der Waals surface area contributed by atoms with Crippen LogP contribution >= 0.6 is 0 Å². The van der Waals surface area contributed by atoms with Gasteiger partial charge >= 0.3 is 11.9 Å². The van der Waals surface area contributed by atoms with Crippen LogP contribution in [0, 0.1) is 12.8 Å². The Labute approximate surface area is 361 Å². The van der Waals surface area contributed by atoms with E-state index in [1.165, 1.54) is 40.7 Å². The Bertz CT molecular complexity index is 2040. The lowest BCUT2D eigenvalue weighted by atomic mass is 9.98. The highest BCUT2D eigenvalue weighted by molar-refractivity contribution is 5.98. The van der Waals surface area contributed by atoms with Crippen LogP contribution in [0.15, 0.2) is 48.5 Å². The fourth-order valence-corrected chi connectivity index (χ4v) is 8.91. The predicted octanol–water partition coefficient (Wildman–Crippen LogP) is 0.956. The minimum Gasteiger partial charge on any atom is -0.462 e. The molecule has 2 aromatic carbocycles. The van der Waals surface area contributed by atoms with E-state index in [0.717, 1.165) is 5.56 Å². The molecule has 4 saturated heterocycles. The number of amides is 6. The fourth-order valence-electron chi connectivity index (χ4n) is 8.91. The summed E-state index contributed by atoms with van der Waals surface area (Å²) < 4.78 is 11.0. The van der Waals surface area contributed by atoms with Gasteiger partial charge in [0.1, 0.15) is 42.4 Å². The molecule has 4 aliphatic heterocycles. The second-order valence-corrected chi connectivity index (χ2v) is 17.1. The summed E-state index contributed by atoms with van der Waals surface area (Å²) in [6.07, 6.45) is -0.952. The Morgan fingerprint density at radius 1 is 0.871 bits per heavy atom. The molecule has 62 heavy (non-hydrogen) atoms. The molecular formula is C45H58N6O11. The summed E-state index contributed by atoms with van der Waals surface area (Å²) in [4.78, 5) is 115. The molecule has 4 heterocycles. The van der Waals surface area contributed by atoms with Crippen molar-refractivity contribution >= 4 is 47.4 Å². The van der Waals surface area contributed by atoms with Crippen LogP contribution in [0.3, 0.4) is 0 Å². The Hall–Kier alpha value is -5.84. The normalized spacial score (nSPS) is 27.6. The van der Waals surface area contributed by atoms with Gasteiger partial charge in [-0.25, -0.2) is 9.59 Å². The lowest BCUT2D eigenvalue weighted by Gasteiger charge is -2.39. The van der Waals surface area contributed by atoms with Crippen molar-refractivity contribution in [3.63, 3.8) is 0 Å². The molecule has 0 spiro atoms. The zero-order chi connectivity index (χ0) is 44.8. The lowest BCUT2D eigenvalue weighted by molar-refractivity contribution is -0.163. The lowest BCUT2D eigenvalue weighted by Crippen LogP contribution is -2.63. The number of hydrogen-bond donors (Lipinski definition) is 4. The van der Waals surface area contributed by atoms with Gasteiger partial charge in [-0.05, 0) is 82.6 Å². The van der Waals surface area contributed by atoms with E-state index in [1.807, 2.05) is 32.0 Å². The number of benzene rings is 2. The molecule has 4 aliphatic rings. The monoisotopic (exact) mass is 858 g/mol. The largest absolute Gasteiger partial charge is 0.462 e. The molecule has 4 fully saturated rings. The van der Waals surface area contributed by atoms with Gasteiger partial charge in [0.15, 0.2) is 0 Å². The van der Waals surface area contributed by atoms with Crippen molar-refractivity contribution in [1.82, 2.24) is 30.7 Å². The number of piperidine rings is 1. The number of carbonyl (C=O) groups excluding carboxylic acids is 8. The molecule has 4 N–H and O–H groups in total. The Morgan fingerprint density at radius 2 is 1.60 bits per heavy atom. The number of fused-ring (bicyclic) bond motifs is 3. The number of rotatable bonds is 9. The van der Waals surface area contributed by atoms with E-state index in [2.05, 4.69) is 16.0 Å². The summed E-state index contributed by atoms with van der Waals surface area (Å²) in [5.74, 6) is -5.18. The maximum atomic E-state index is 14.8. The van der Waals surface area contributed by atoms with Crippen molar-refractivity contribution in [2.45, 2.75) is 128 Å². The molecule has 0 unspecified atom stereocenters. The highest BCUT2D eigenvalue weighted by Crippen LogP contribution is 2.29. The SMILES string of the molecule is CCOC(=O)c1ccc(CC(=O)N[C@@H](Cc2cccc(C)c2)C(=O)N[C@@H]2C(=O)N3C[C@H](O)C[C@H]3C(=O)N3CCCC[C@H]3C(=O)N[C@@H](C)C(=O)N3C[C@H](C)C[C@H]3C(=O)O[C@H]2C)cc1. The molecule has 2 aromatic rings. The van der Waals surface area contributed by atoms with Crippen molar-refractivity contribution < 1.29 is 52.9 Å². The molecule has 334 valence electrons. The summed E-state index contributed by atoms with van der Waals surface area (Å²) in [5, 5.41) is 19.2. The third-order valence-electron chi connectivity index (χ3n) is 12.1. The van der Waals surface area contributed by atoms with E-state index >= 15 is 0 Å². The van der Waals surface area contributed by atoms with Crippen LogP contribution in [0.25, 0.3) is 0 Å².